The van der Waals surface area contributed by atoms with E-state index in [1.165, 1.54) is 26.4 Å². The van der Waals surface area contributed by atoms with Gasteiger partial charge in [-0.25, -0.2) is 0 Å². The van der Waals surface area contributed by atoms with Gasteiger partial charge in [-0.3, -0.25) is 4.79 Å². The molecule has 156 valence electrons. The Labute approximate surface area is 170 Å². The van der Waals surface area contributed by atoms with Crippen molar-refractivity contribution in [2.75, 3.05) is 27.4 Å². The predicted octanol–water partition coefficient (Wildman–Crippen LogP) is 3.14. The third kappa shape index (κ3) is 5.73. The minimum Gasteiger partial charge on any atom is -0.504 e. The molecule has 29 heavy (non-hydrogen) atoms. The minimum atomic E-state index is -0.695. The van der Waals surface area contributed by atoms with Crippen molar-refractivity contribution >= 4 is 12.4 Å². The normalized spacial score (nSPS) is 13.1. The summed E-state index contributed by atoms with van der Waals surface area (Å²) in [6, 6.07) is 10.0. The lowest BCUT2D eigenvalue weighted by molar-refractivity contribution is -0.104. The van der Waals surface area contributed by atoms with Gasteiger partial charge in [0, 0.05) is 6.61 Å². The maximum Gasteiger partial charge on any atom is 0.162 e. The van der Waals surface area contributed by atoms with Gasteiger partial charge in [-0.15, -0.1) is 0 Å². The zero-order valence-corrected chi connectivity index (χ0v) is 16.7. The zero-order chi connectivity index (χ0) is 21.2. The van der Waals surface area contributed by atoms with E-state index in [0.29, 0.717) is 30.0 Å². The molecule has 0 bridgehead atoms. The van der Waals surface area contributed by atoms with Gasteiger partial charge in [-0.1, -0.05) is 18.2 Å². The summed E-state index contributed by atoms with van der Waals surface area (Å²) < 4.78 is 22.5. The quantitative estimate of drug-likeness (QED) is 0.440. The smallest absolute Gasteiger partial charge is 0.162 e. The topological polar surface area (TPSA) is 94.5 Å². The van der Waals surface area contributed by atoms with Crippen molar-refractivity contribution in [3.63, 3.8) is 0 Å². The third-order valence-electron chi connectivity index (χ3n) is 4.24. The van der Waals surface area contributed by atoms with E-state index < -0.39 is 12.2 Å². The number of rotatable bonds is 11. The van der Waals surface area contributed by atoms with E-state index in [2.05, 4.69) is 0 Å². The first-order chi connectivity index (χ1) is 14.1. The molecule has 0 fully saturated rings. The monoisotopic (exact) mass is 402 g/mol. The summed E-state index contributed by atoms with van der Waals surface area (Å²) in [5, 5.41) is 19.7. The second-order valence-electron chi connectivity index (χ2n) is 6.05. The zero-order valence-electron chi connectivity index (χ0n) is 16.7. The number of hydrogen-bond acceptors (Lipinski definition) is 7. The van der Waals surface area contributed by atoms with E-state index in [9.17, 15) is 15.0 Å². The van der Waals surface area contributed by atoms with Gasteiger partial charge in [0.2, 0.25) is 0 Å². The van der Waals surface area contributed by atoms with E-state index in [4.69, 9.17) is 18.9 Å². The number of hydrogen-bond donors (Lipinski definition) is 2. The summed E-state index contributed by atoms with van der Waals surface area (Å²) in [4.78, 5) is 10.5. The van der Waals surface area contributed by atoms with Crippen molar-refractivity contribution in [3.8, 4) is 23.0 Å². The van der Waals surface area contributed by atoms with Crippen LogP contribution in [0.15, 0.2) is 42.5 Å². The molecular formula is C22H26O7. The molecule has 0 aromatic heterocycles. The molecule has 2 N–H and O–H groups in total. The lowest BCUT2D eigenvalue weighted by Gasteiger charge is -2.28. The Hall–Kier alpha value is -3.03. The van der Waals surface area contributed by atoms with Gasteiger partial charge in [0.1, 0.15) is 12.4 Å². The van der Waals surface area contributed by atoms with Crippen LogP contribution in [0.5, 0.6) is 23.0 Å². The average molecular weight is 402 g/mol. The summed E-state index contributed by atoms with van der Waals surface area (Å²) in [5.74, 6) is 1.18. The molecule has 0 unspecified atom stereocenters. The van der Waals surface area contributed by atoms with Gasteiger partial charge in [0.25, 0.3) is 0 Å². The average Bonchev–Trinajstić information content (AvgIpc) is 2.75. The molecule has 0 amide bonds. The maximum absolute atomic E-state index is 10.5. The lowest BCUT2D eigenvalue weighted by Crippen LogP contribution is -2.30. The number of carbonyl (C=O) groups is 1. The van der Waals surface area contributed by atoms with Crippen LogP contribution in [0.25, 0.3) is 6.08 Å². The number of phenols is 1. The molecule has 7 nitrogen and oxygen atoms in total. The molecule has 2 aromatic rings. The molecule has 0 spiro atoms. The Morgan fingerprint density at radius 2 is 1.79 bits per heavy atom. The Morgan fingerprint density at radius 1 is 1.03 bits per heavy atom. The second-order valence-corrected chi connectivity index (χ2v) is 6.05. The van der Waals surface area contributed by atoms with Gasteiger partial charge in [-0.05, 0) is 48.4 Å². The van der Waals surface area contributed by atoms with Gasteiger partial charge >= 0.3 is 0 Å². The van der Waals surface area contributed by atoms with Crippen molar-refractivity contribution in [1.82, 2.24) is 0 Å². The fourth-order valence-corrected chi connectivity index (χ4v) is 2.85. The van der Waals surface area contributed by atoms with E-state index >= 15 is 0 Å². The van der Waals surface area contributed by atoms with E-state index in [-0.39, 0.29) is 18.1 Å². The maximum atomic E-state index is 10.5. The molecule has 2 aromatic carbocycles. The van der Waals surface area contributed by atoms with Gasteiger partial charge in [-0.2, -0.15) is 0 Å². The Balaban J connectivity index is 2.44. The SMILES string of the molecule is CCO[C@H](CO)[C@@H](Oc1ccc(C=CC=O)cc1OC)c1ccc(O)c(OC)c1. The van der Waals surface area contributed by atoms with E-state index in [0.717, 1.165) is 5.56 Å². The van der Waals surface area contributed by atoms with Crippen molar-refractivity contribution in [3.05, 3.63) is 53.6 Å². The summed E-state index contributed by atoms with van der Waals surface area (Å²) in [6.07, 6.45) is 2.38. The van der Waals surface area contributed by atoms with Crippen molar-refractivity contribution < 1.29 is 34.0 Å². The summed E-state index contributed by atoms with van der Waals surface area (Å²) in [7, 11) is 2.97. The van der Waals surface area contributed by atoms with Gasteiger partial charge in [0.15, 0.2) is 29.1 Å². The van der Waals surface area contributed by atoms with Gasteiger partial charge in [0.05, 0.1) is 20.8 Å². The molecule has 0 aliphatic heterocycles. The molecule has 0 saturated heterocycles. The number of aromatic hydroxyl groups is 1. The van der Waals surface area contributed by atoms with Crippen LogP contribution in [0.3, 0.4) is 0 Å². The van der Waals surface area contributed by atoms with Crippen molar-refractivity contribution in [2.24, 2.45) is 0 Å². The van der Waals surface area contributed by atoms with Crippen LogP contribution in [0.2, 0.25) is 0 Å². The Kier molecular flexibility index (Phi) is 8.51. The number of aliphatic hydroxyl groups excluding tert-OH is 1. The Morgan fingerprint density at radius 3 is 2.41 bits per heavy atom. The highest BCUT2D eigenvalue weighted by Gasteiger charge is 2.27. The number of aliphatic hydroxyl groups is 1. The third-order valence-corrected chi connectivity index (χ3v) is 4.24. The highest BCUT2D eigenvalue weighted by Crippen LogP contribution is 2.37. The fraction of sp³-hybridized carbons (Fsp3) is 0.318. The molecule has 2 atom stereocenters. The number of phenolic OH excluding ortho intramolecular Hbond substituents is 1. The van der Waals surface area contributed by atoms with Crippen LogP contribution in [0, 0.1) is 0 Å². The molecule has 0 aliphatic rings. The number of carbonyl (C=O) groups excluding carboxylic acids is 1. The first kappa shape index (κ1) is 22.3. The van der Waals surface area contributed by atoms with Crippen LogP contribution in [-0.4, -0.2) is 50.0 Å². The Bertz CT molecular complexity index is 832. The van der Waals surface area contributed by atoms with Gasteiger partial charge < -0.3 is 29.2 Å². The van der Waals surface area contributed by atoms with Crippen LogP contribution < -0.4 is 14.2 Å². The molecule has 0 saturated carbocycles. The van der Waals surface area contributed by atoms with E-state index in [1.807, 2.05) is 6.92 Å². The largest absolute Gasteiger partial charge is 0.504 e. The fourth-order valence-electron chi connectivity index (χ4n) is 2.85. The minimum absolute atomic E-state index is 0.00384. The summed E-state index contributed by atoms with van der Waals surface area (Å²) in [6.45, 7) is 1.93. The highest BCUT2D eigenvalue weighted by atomic mass is 16.6. The number of allylic oxidation sites excluding steroid dienone is 1. The van der Waals surface area contributed by atoms with Crippen molar-refractivity contribution in [2.45, 2.75) is 19.1 Å². The molecule has 0 aliphatic carbocycles. The van der Waals surface area contributed by atoms with Crippen LogP contribution in [0.1, 0.15) is 24.2 Å². The van der Waals surface area contributed by atoms with Crippen LogP contribution in [0.4, 0.5) is 0 Å². The highest BCUT2D eigenvalue weighted by molar-refractivity contribution is 5.74. The van der Waals surface area contributed by atoms with Crippen LogP contribution >= 0.6 is 0 Å². The number of benzene rings is 2. The number of methoxy groups -OCH3 is 2. The second kappa shape index (κ2) is 11.1. The molecular weight excluding hydrogens is 376 g/mol. The standard InChI is InChI=1S/C22H26O7/c1-4-28-21(14-24)22(16-8-9-17(25)19(13-16)26-2)29-18-10-7-15(6-5-11-23)12-20(18)27-3/h5-13,21-22,24-25H,4,14H2,1-3H3/t21-,22+/m1/s1. The van der Waals surface area contributed by atoms with Crippen molar-refractivity contribution in [1.29, 1.82) is 0 Å². The molecule has 2 rings (SSSR count). The summed E-state index contributed by atoms with van der Waals surface area (Å²) >= 11 is 0. The number of ether oxygens (including phenoxy) is 4. The first-order valence-electron chi connectivity index (χ1n) is 9.13. The first-order valence-corrected chi connectivity index (χ1v) is 9.13. The lowest BCUT2D eigenvalue weighted by atomic mass is 10.0. The number of aldehydes is 1. The molecule has 0 radical (unpaired) electrons. The predicted molar refractivity (Wildman–Crippen MR) is 109 cm³/mol. The molecule has 7 heteroatoms. The van der Waals surface area contributed by atoms with E-state index in [1.54, 1.807) is 36.4 Å². The van der Waals surface area contributed by atoms with Crippen LogP contribution in [-0.2, 0) is 9.53 Å². The summed E-state index contributed by atoms with van der Waals surface area (Å²) in [5.41, 5.74) is 1.42. The molecule has 0 heterocycles.